The zero-order valence-corrected chi connectivity index (χ0v) is 53.6. The zero-order valence-electron chi connectivity index (χ0n) is 53.6. The fourth-order valence-corrected chi connectivity index (χ4v) is 11.6. The van der Waals surface area contributed by atoms with Gasteiger partial charge in [0.25, 0.3) is 0 Å². The first-order chi connectivity index (χ1) is 39.8. The lowest BCUT2D eigenvalue weighted by Gasteiger charge is -2.40. The number of carbonyl (C=O) groups excluding carboxylic acids is 1. The van der Waals surface area contributed by atoms with Crippen LogP contribution in [0.15, 0.2) is 36.5 Å². The van der Waals surface area contributed by atoms with E-state index in [1.54, 1.807) is 6.08 Å². The van der Waals surface area contributed by atoms with Crippen molar-refractivity contribution in [2.75, 3.05) is 13.2 Å². The second-order valence-electron chi connectivity index (χ2n) is 25.0. The number of carbonyl (C=O) groups is 1. The van der Waals surface area contributed by atoms with E-state index in [2.05, 4.69) is 43.5 Å². The predicted molar refractivity (Wildman–Crippen MR) is 346 cm³/mol. The quantitative estimate of drug-likeness (QED) is 0.0261. The topological polar surface area (TPSA) is 149 Å². The van der Waals surface area contributed by atoms with E-state index in [1.165, 1.54) is 302 Å². The lowest BCUT2D eigenvalue weighted by molar-refractivity contribution is -0.302. The summed E-state index contributed by atoms with van der Waals surface area (Å²) in [5.41, 5.74) is 0. The number of unbranched alkanes of at least 4 members (excludes halogenated alkanes) is 49. The number of hydrogen-bond donors (Lipinski definition) is 6. The van der Waals surface area contributed by atoms with E-state index < -0.39 is 49.5 Å². The molecule has 6 N–H and O–H groups in total. The van der Waals surface area contributed by atoms with Crippen molar-refractivity contribution in [3.05, 3.63) is 36.5 Å². The largest absolute Gasteiger partial charge is 0.394 e. The summed E-state index contributed by atoms with van der Waals surface area (Å²) < 4.78 is 11.3. The van der Waals surface area contributed by atoms with Crippen LogP contribution >= 0.6 is 0 Å². The highest BCUT2D eigenvalue weighted by molar-refractivity contribution is 5.76. The minimum atomic E-state index is -1.57. The van der Waals surface area contributed by atoms with Gasteiger partial charge in [-0.25, -0.2) is 0 Å². The van der Waals surface area contributed by atoms with E-state index in [0.717, 1.165) is 38.5 Å². The fraction of sp³-hybridized carbons (Fsp3) is 0.903. The van der Waals surface area contributed by atoms with Crippen molar-refractivity contribution in [3.63, 3.8) is 0 Å². The number of rotatable bonds is 63. The monoisotopic (exact) mass is 1140 g/mol. The van der Waals surface area contributed by atoms with Gasteiger partial charge in [-0.3, -0.25) is 4.79 Å². The number of aliphatic hydroxyl groups excluding tert-OH is 5. The summed E-state index contributed by atoms with van der Waals surface area (Å²) >= 11 is 0. The minimum Gasteiger partial charge on any atom is -0.394 e. The van der Waals surface area contributed by atoms with E-state index in [1.807, 2.05) is 6.08 Å². The number of nitrogens with one attached hydrogen (secondary N) is 1. The maximum absolute atomic E-state index is 13.1. The van der Waals surface area contributed by atoms with Crippen LogP contribution in [0, 0.1) is 0 Å². The number of allylic oxidation sites excluding steroid dienone is 5. The van der Waals surface area contributed by atoms with Crippen molar-refractivity contribution in [2.24, 2.45) is 0 Å². The van der Waals surface area contributed by atoms with Crippen molar-refractivity contribution in [1.29, 1.82) is 0 Å². The molecule has 1 rings (SSSR count). The summed E-state index contributed by atoms with van der Waals surface area (Å²) in [7, 11) is 0. The highest BCUT2D eigenvalue weighted by Gasteiger charge is 2.44. The molecule has 0 spiro atoms. The summed E-state index contributed by atoms with van der Waals surface area (Å²) in [6.07, 6.45) is 75.5. The lowest BCUT2D eigenvalue weighted by Crippen LogP contribution is -2.60. The smallest absolute Gasteiger partial charge is 0.220 e. The van der Waals surface area contributed by atoms with Crippen LogP contribution in [0.5, 0.6) is 0 Å². The summed E-state index contributed by atoms with van der Waals surface area (Å²) in [6, 6.07) is -0.822. The molecule has 9 nitrogen and oxygen atoms in total. The standard InChI is InChI=1S/C72H137NO8/c1-3-5-7-9-11-13-15-17-19-21-23-25-27-28-29-30-31-32-33-34-35-36-37-38-40-42-44-46-48-50-52-54-56-58-60-62-68(76)73-65(64-80-72-71(79)70(78)69(77)67(63-74)81-72)66(75)61-59-57-55-53-51-49-47-45-43-41-39-26-24-22-20-18-16-14-12-10-8-6-4-2/h30-31,51,53,59,61,65-67,69-72,74-75,77-79H,3-29,32-50,52,54-58,60,62-64H2,1-2H3,(H,73,76)/b31-30-,53-51+,61-59+. The molecule has 81 heavy (non-hydrogen) atoms. The second-order valence-corrected chi connectivity index (χ2v) is 25.0. The van der Waals surface area contributed by atoms with Gasteiger partial charge in [0, 0.05) is 6.42 Å². The molecule has 1 aliphatic heterocycles. The van der Waals surface area contributed by atoms with Gasteiger partial charge in [-0.15, -0.1) is 0 Å². The van der Waals surface area contributed by atoms with Crippen molar-refractivity contribution in [1.82, 2.24) is 5.32 Å². The molecule has 1 amide bonds. The van der Waals surface area contributed by atoms with Crippen LogP contribution in [0.2, 0.25) is 0 Å². The van der Waals surface area contributed by atoms with Crippen LogP contribution in [-0.2, 0) is 14.3 Å². The van der Waals surface area contributed by atoms with Crippen LogP contribution in [0.4, 0.5) is 0 Å². The Bertz CT molecular complexity index is 1370. The van der Waals surface area contributed by atoms with Gasteiger partial charge in [0.1, 0.15) is 24.4 Å². The minimum absolute atomic E-state index is 0.180. The lowest BCUT2D eigenvalue weighted by atomic mass is 9.99. The fourth-order valence-electron chi connectivity index (χ4n) is 11.6. The molecule has 0 saturated carbocycles. The summed E-state index contributed by atoms with van der Waals surface area (Å²) in [6.45, 7) is 3.82. The van der Waals surface area contributed by atoms with Gasteiger partial charge >= 0.3 is 0 Å². The van der Waals surface area contributed by atoms with Crippen LogP contribution in [0.25, 0.3) is 0 Å². The Morgan fingerprint density at radius 1 is 0.407 bits per heavy atom. The molecule has 0 aromatic carbocycles. The molecule has 0 radical (unpaired) electrons. The van der Waals surface area contributed by atoms with Gasteiger partial charge in [0.05, 0.1) is 25.4 Å². The molecule has 1 saturated heterocycles. The Morgan fingerprint density at radius 3 is 1.04 bits per heavy atom. The molecule has 1 aliphatic rings. The predicted octanol–water partition coefficient (Wildman–Crippen LogP) is 19.4. The van der Waals surface area contributed by atoms with Gasteiger partial charge in [-0.2, -0.15) is 0 Å². The van der Waals surface area contributed by atoms with Gasteiger partial charge < -0.3 is 40.3 Å². The average Bonchev–Trinajstić information content (AvgIpc) is 3.48. The SMILES string of the molecule is CCCCCCCCCCCCCCCC/C=C\CCCCCCCCCCCCCCCCCCCC(=O)NC(COC1OC(CO)C(O)C(O)C1O)C(O)/C=C/CC/C=C/CCCCCCCCCCCCCCCCCCC. The van der Waals surface area contributed by atoms with E-state index in [0.29, 0.717) is 6.42 Å². The molecule has 478 valence electrons. The van der Waals surface area contributed by atoms with Gasteiger partial charge in [-0.05, 0) is 57.8 Å². The van der Waals surface area contributed by atoms with Crippen LogP contribution in [-0.4, -0.2) is 87.5 Å². The van der Waals surface area contributed by atoms with E-state index in [-0.39, 0.29) is 12.5 Å². The molecule has 7 atom stereocenters. The maximum Gasteiger partial charge on any atom is 0.220 e. The normalized spacial score (nSPS) is 18.5. The molecule has 7 unspecified atom stereocenters. The summed E-state index contributed by atoms with van der Waals surface area (Å²) in [5.74, 6) is -0.180. The zero-order chi connectivity index (χ0) is 58.6. The Kier molecular flexibility index (Phi) is 58.8. The number of ether oxygens (including phenoxy) is 2. The first-order valence-electron chi connectivity index (χ1n) is 35.7. The molecule has 9 heteroatoms. The Labute approximate surface area is 501 Å². The molecule has 0 aromatic heterocycles. The third kappa shape index (κ3) is 50.3. The Morgan fingerprint density at radius 2 is 0.704 bits per heavy atom. The number of hydrogen-bond acceptors (Lipinski definition) is 8. The Balaban J connectivity index is 2.11. The van der Waals surface area contributed by atoms with Crippen LogP contribution < -0.4 is 5.32 Å². The summed E-state index contributed by atoms with van der Waals surface area (Å²) in [5, 5.41) is 54.7. The molecule has 0 aromatic rings. The molecule has 0 bridgehead atoms. The summed E-state index contributed by atoms with van der Waals surface area (Å²) in [4.78, 5) is 13.1. The molecule has 0 aliphatic carbocycles. The molecular weight excluding hydrogens is 1010 g/mol. The number of amides is 1. The van der Waals surface area contributed by atoms with E-state index >= 15 is 0 Å². The van der Waals surface area contributed by atoms with Crippen molar-refractivity contribution in [3.8, 4) is 0 Å². The third-order valence-electron chi connectivity index (χ3n) is 17.2. The Hall–Kier alpha value is -1.59. The van der Waals surface area contributed by atoms with Gasteiger partial charge in [0.2, 0.25) is 5.91 Å². The molecular formula is C72H137NO8. The van der Waals surface area contributed by atoms with E-state index in [4.69, 9.17) is 9.47 Å². The van der Waals surface area contributed by atoms with Gasteiger partial charge in [0.15, 0.2) is 6.29 Å². The maximum atomic E-state index is 13.1. The van der Waals surface area contributed by atoms with Crippen LogP contribution in [0.1, 0.15) is 361 Å². The van der Waals surface area contributed by atoms with Crippen LogP contribution in [0.3, 0.4) is 0 Å². The molecule has 1 fully saturated rings. The highest BCUT2D eigenvalue weighted by atomic mass is 16.7. The first-order valence-corrected chi connectivity index (χ1v) is 35.7. The molecule has 1 heterocycles. The van der Waals surface area contributed by atoms with Crippen molar-refractivity contribution in [2.45, 2.75) is 403 Å². The van der Waals surface area contributed by atoms with Crippen molar-refractivity contribution < 1.29 is 39.8 Å². The van der Waals surface area contributed by atoms with E-state index in [9.17, 15) is 30.3 Å². The highest BCUT2D eigenvalue weighted by Crippen LogP contribution is 2.23. The third-order valence-corrected chi connectivity index (χ3v) is 17.2. The van der Waals surface area contributed by atoms with Crippen molar-refractivity contribution >= 4 is 5.91 Å². The van der Waals surface area contributed by atoms with Gasteiger partial charge in [-0.1, -0.05) is 333 Å². The second kappa shape index (κ2) is 61.5. The number of aliphatic hydroxyl groups is 5. The average molecular weight is 1140 g/mol. The first kappa shape index (κ1) is 77.4.